The number of benzene rings is 2. The number of alkyl halides is 1. The van der Waals surface area contributed by atoms with Crippen LogP contribution in [0.2, 0.25) is 0 Å². The van der Waals surface area contributed by atoms with Gasteiger partial charge in [-0.25, -0.2) is 4.39 Å². The van der Waals surface area contributed by atoms with Gasteiger partial charge >= 0.3 is 0 Å². The van der Waals surface area contributed by atoms with E-state index in [2.05, 4.69) is 6.58 Å². The number of hydrogen-bond acceptors (Lipinski definition) is 2. The summed E-state index contributed by atoms with van der Waals surface area (Å²) >= 11 is 8.20. The Labute approximate surface area is 133 Å². The molecule has 2 aromatic rings. The molecular formula is C17H16ClFOS. The van der Waals surface area contributed by atoms with Crippen molar-refractivity contribution >= 4 is 23.4 Å². The predicted molar refractivity (Wildman–Crippen MR) is 88.0 cm³/mol. The third-order valence-corrected chi connectivity index (χ3v) is 4.31. The Morgan fingerprint density at radius 2 is 1.95 bits per heavy atom. The minimum atomic E-state index is -0.468. The minimum absolute atomic E-state index is 0.188. The van der Waals surface area contributed by atoms with Crippen LogP contribution >= 0.6 is 23.4 Å². The molecule has 0 aromatic heterocycles. The van der Waals surface area contributed by atoms with Gasteiger partial charge in [0.1, 0.15) is 6.61 Å². The van der Waals surface area contributed by atoms with E-state index < -0.39 is 11.2 Å². The molecule has 21 heavy (non-hydrogen) atoms. The first-order valence-electron chi connectivity index (χ1n) is 6.48. The van der Waals surface area contributed by atoms with E-state index >= 15 is 0 Å². The van der Waals surface area contributed by atoms with Crippen LogP contribution in [0.1, 0.15) is 16.5 Å². The van der Waals surface area contributed by atoms with Gasteiger partial charge in [0.15, 0.2) is 11.6 Å². The Kier molecular flexibility index (Phi) is 5.71. The molecule has 0 bridgehead atoms. The third kappa shape index (κ3) is 3.60. The molecule has 0 radical (unpaired) electrons. The SMILES string of the molecule is C=CCOc1c(F)cccc1C(Cl)c1ccccc1SC. The molecule has 0 saturated heterocycles. The van der Waals surface area contributed by atoms with Crippen LogP contribution in [0.5, 0.6) is 5.75 Å². The molecule has 0 N–H and O–H groups in total. The van der Waals surface area contributed by atoms with Crippen LogP contribution in [-0.2, 0) is 0 Å². The molecule has 1 atom stereocenters. The van der Waals surface area contributed by atoms with Crippen molar-refractivity contribution in [3.8, 4) is 5.75 Å². The van der Waals surface area contributed by atoms with Crippen molar-refractivity contribution in [3.63, 3.8) is 0 Å². The molecule has 1 nitrogen and oxygen atoms in total. The first kappa shape index (κ1) is 15.9. The lowest BCUT2D eigenvalue weighted by Gasteiger charge is -2.18. The molecule has 0 aliphatic heterocycles. The second-order valence-corrected chi connectivity index (χ2v) is 5.65. The third-order valence-electron chi connectivity index (χ3n) is 3.03. The van der Waals surface area contributed by atoms with Gasteiger partial charge < -0.3 is 4.74 Å². The summed E-state index contributed by atoms with van der Waals surface area (Å²) < 4.78 is 19.5. The van der Waals surface area contributed by atoms with Crippen molar-refractivity contribution in [2.45, 2.75) is 10.3 Å². The van der Waals surface area contributed by atoms with Crippen LogP contribution in [0.3, 0.4) is 0 Å². The van der Waals surface area contributed by atoms with Crippen LogP contribution in [0.15, 0.2) is 60.0 Å². The number of ether oxygens (including phenoxy) is 1. The van der Waals surface area contributed by atoms with Crippen LogP contribution in [0, 0.1) is 5.82 Å². The summed E-state index contributed by atoms with van der Waals surface area (Å²) in [5, 5.41) is -0.468. The molecule has 0 fully saturated rings. The van der Waals surface area contributed by atoms with Crippen LogP contribution in [0.25, 0.3) is 0 Å². The van der Waals surface area contributed by atoms with Crippen molar-refractivity contribution in [1.29, 1.82) is 0 Å². The molecule has 0 aliphatic rings. The number of rotatable bonds is 6. The van der Waals surface area contributed by atoms with Crippen LogP contribution < -0.4 is 4.74 Å². The number of hydrogen-bond donors (Lipinski definition) is 0. The van der Waals surface area contributed by atoms with E-state index in [-0.39, 0.29) is 12.4 Å². The lowest BCUT2D eigenvalue weighted by molar-refractivity contribution is 0.338. The van der Waals surface area contributed by atoms with Gasteiger partial charge in [-0.1, -0.05) is 43.0 Å². The van der Waals surface area contributed by atoms with E-state index in [9.17, 15) is 4.39 Å². The standard InChI is InChI=1S/C17H16ClFOS/c1-3-11-20-17-13(8-6-9-14(17)19)16(18)12-7-4-5-10-15(12)21-2/h3-10,16H,1,11H2,2H3. The molecule has 2 aromatic carbocycles. The predicted octanol–water partition coefficient (Wildman–Crippen LogP) is 5.44. The fourth-order valence-corrected chi connectivity index (χ4v) is 3.13. The average Bonchev–Trinajstić information content (AvgIpc) is 2.52. The number of thioether (sulfide) groups is 1. The van der Waals surface area contributed by atoms with E-state index in [1.165, 1.54) is 6.07 Å². The minimum Gasteiger partial charge on any atom is -0.486 e. The first-order chi connectivity index (χ1) is 10.2. The zero-order valence-electron chi connectivity index (χ0n) is 11.7. The smallest absolute Gasteiger partial charge is 0.165 e. The number of para-hydroxylation sites is 1. The lowest BCUT2D eigenvalue weighted by atomic mass is 10.0. The summed E-state index contributed by atoms with van der Waals surface area (Å²) in [6, 6.07) is 12.6. The fourth-order valence-electron chi connectivity index (χ4n) is 2.06. The topological polar surface area (TPSA) is 9.23 Å². The Morgan fingerprint density at radius 1 is 1.24 bits per heavy atom. The Hall–Kier alpha value is -1.45. The van der Waals surface area contributed by atoms with Crippen molar-refractivity contribution in [2.24, 2.45) is 0 Å². The van der Waals surface area contributed by atoms with E-state index in [0.29, 0.717) is 5.56 Å². The van der Waals surface area contributed by atoms with Gasteiger partial charge in [-0.2, -0.15) is 0 Å². The van der Waals surface area contributed by atoms with E-state index in [4.69, 9.17) is 16.3 Å². The summed E-state index contributed by atoms with van der Waals surface area (Å²) in [4.78, 5) is 1.07. The van der Waals surface area contributed by atoms with Crippen LogP contribution in [-0.4, -0.2) is 12.9 Å². The fraction of sp³-hybridized carbons (Fsp3) is 0.176. The van der Waals surface area contributed by atoms with E-state index in [1.54, 1.807) is 30.0 Å². The quantitative estimate of drug-likeness (QED) is 0.398. The Balaban J connectivity index is 2.45. The lowest BCUT2D eigenvalue weighted by Crippen LogP contribution is -2.03. The molecule has 2 rings (SSSR count). The summed E-state index contributed by atoms with van der Waals surface area (Å²) in [6.07, 6.45) is 3.57. The van der Waals surface area contributed by atoms with E-state index in [0.717, 1.165) is 10.5 Å². The molecule has 4 heteroatoms. The Bertz CT molecular complexity index is 630. The molecule has 0 heterocycles. The Morgan fingerprint density at radius 3 is 2.67 bits per heavy atom. The highest BCUT2D eigenvalue weighted by molar-refractivity contribution is 7.98. The first-order valence-corrected chi connectivity index (χ1v) is 8.14. The maximum Gasteiger partial charge on any atom is 0.165 e. The van der Waals surface area contributed by atoms with Gasteiger partial charge in [-0.15, -0.1) is 23.4 Å². The second kappa shape index (κ2) is 7.53. The molecule has 0 amide bonds. The van der Waals surface area contributed by atoms with Crippen molar-refractivity contribution < 1.29 is 9.13 Å². The van der Waals surface area contributed by atoms with Gasteiger partial charge in [0.2, 0.25) is 0 Å². The van der Waals surface area contributed by atoms with Crippen molar-refractivity contribution in [3.05, 3.63) is 72.1 Å². The molecular weight excluding hydrogens is 307 g/mol. The van der Waals surface area contributed by atoms with E-state index in [1.807, 2.05) is 30.5 Å². The van der Waals surface area contributed by atoms with Gasteiger partial charge in [0.25, 0.3) is 0 Å². The highest BCUT2D eigenvalue weighted by atomic mass is 35.5. The number of halogens is 2. The van der Waals surface area contributed by atoms with Gasteiger partial charge in [0.05, 0.1) is 5.38 Å². The maximum atomic E-state index is 14.0. The van der Waals surface area contributed by atoms with Gasteiger partial charge in [0, 0.05) is 10.5 Å². The zero-order valence-corrected chi connectivity index (χ0v) is 13.3. The summed E-state index contributed by atoms with van der Waals surface area (Å²) in [7, 11) is 0. The molecule has 0 aliphatic carbocycles. The average molecular weight is 323 g/mol. The molecule has 110 valence electrons. The van der Waals surface area contributed by atoms with Gasteiger partial charge in [-0.3, -0.25) is 0 Å². The van der Waals surface area contributed by atoms with Crippen molar-refractivity contribution in [1.82, 2.24) is 0 Å². The monoisotopic (exact) mass is 322 g/mol. The van der Waals surface area contributed by atoms with Gasteiger partial charge in [-0.05, 0) is 24.0 Å². The van der Waals surface area contributed by atoms with Crippen LogP contribution in [0.4, 0.5) is 4.39 Å². The summed E-state index contributed by atoms with van der Waals surface area (Å²) in [5.74, 6) is -0.227. The summed E-state index contributed by atoms with van der Waals surface area (Å²) in [5.41, 5.74) is 1.57. The van der Waals surface area contributed by atoms with Crippen molar-refractivity contribution in [2.75, 3.05) is 12.9 Å². The molecule has 0 spiro atoms. The second-order valence-electron chi connectivity index (χ2n) is 4.36. The highest BCUT2D eigenvalue weighted by Gasteiger charge is 2.20. The molecule has 1 unspecified atom stereocenters. The highest BCUT2D eigenvalue weighted by Crippen LogP contribution is 2.39. The summed E-state index contributed by atoms with van der Waals surface area (Å²) in [6.45, 7) is 3.82. The normalized spacial score (nSPS) is 12.0. The molecule has 0 saturated carbocycles. The largest absolute Gasteiger partial charge is 0.486 e. The zero-order chi connectivity index (χ0) is 15.2. The maximum absolute atomic E-state index is 14.0.